The van der Waals surface area contributed by atoms with E-state index in [-0.39, 0.29) is 6.61 Å². The maximum atomic E-state index is 9.01. The van der Waals surface area contributed by atoms with Crippen LogP contribution in [0.15, 0.2) is 30.3 Å². The SMILES string of the molecule is CCc1cc(N2CCC(N(C)CCCO)CC2)c2ccccc2n1. The summed E-state index contributed by atoms with van der Waals surface area (Å²) in [5.41, 5.74) is 3.62. The van der Waals surface area contributed by atoms with Crippen LogP contribution in [0.4, 0.5) is 5.69 Å². The summed E-state index contributed by atoms with van der Waals surface area (Å²) < 4.78 is 0. The normalized spacial score (nSPS) is 16.2. The smallest absolute Gasteiger partial charge is 0.0726 e. The molecule has 130 valence electrons. The zero-order chi connectivity index (χ0) is 16.9. The topological polar surface area (TPSA) is 39.6 Å². The molecule has 1 aromatic carbocycles. The Morgan fingerprint density at radius 1 is 1.25 bits per heavy atom. The number of aromatic nitrogens is 1. The van der Waals surface area contributed by atoms with Crippen molar-refractivity contribution in [3.05, 3.63) is 36.0 Å². The van der Waals surface area contributed by atoms with Gasteiger partial charge in [-0.1, -0.05) is 25.1 Å². The highest BCUT2D eigenvalue weighted by molar-refractivity contribution is 5.92. The monoisotopic (exact) mass is 327 g/mol. The number of fused-ring (bicyclic) bond motifs is 1. The maximum absolute atomic E-state index is 9.01. The van der Waals surface area contributed by atoms with Crippen LogP contribution in [0.5, 0.6) is 0 Å². The summed E-state index contributed by atoms with van der Waals surface area (Å²) in [6, 6.07) is 11.4. The minimum atomic E-state index is 0.284. The standard InChI is InChI=1S/C20H29N3O/c1-3-16-15-20(18-7-4-5-8-19(18)21-16)23-12-9-17(10-13-23)22(2)11-6-14-24/h4-5,7-8,15,17,24H,3,6,9-14H2,1-2H3. The molecule has 1 aliphatic rings. The van der Waals surface area contributed by atoms with Crippen LogP contribution in [0.25, 0.3) is 10.9 Å². The predicted octanol–water partition coefficient (Wildman–Crippen LogP) is 3.08. The van der Waals surface area contributed by atoms with Crippen LogP contribution in [-0.4, -0.2) is 54.3 Å². The van der Waals surface area contributed by atoms with E-state index in [1.807, 2.05) is 0 Å². The number of pyridine rings is 1. The van der Waals surface area contributed by atoms with Crippen molar-refractivity contribution in [1.29, 1.82) is 0 Å². The molecular weight excluding hydrogens is 298 g/mol. The number of aryl methyl sites for hydroxylation is 1. The number of anilines is 1. The third-order valence-corrected chi connectivity index (χ3v) is 5.21. The van der Waals surface area contributed by atoms with E-state index in [9.17, 15) is 0 Å². The van der Waals surface area contributed by atoms with Gasteiger partial charge in [-0.15, -0.1) is 0 Å². The van der Waals surface area contributed by atoms with Crippen LogP contribution in [0.3, 0.4) is 0 Å². The number of hydrogen-bond acceptors (Lipinski definition) is 4. The molecule has 1 aromatic heterocycles. The van der Waals surface area contributed by atoms with Gasteiger partial charge < -0.3 is 14.9 Å². The highest BCUT2D eigenvalue weighted by Gasteiger charge is 2.23. The second-order valence-electron chi connectivity index (χ2n) is 6.78. The van der Waals surface area contributed by atoms with E-state index in [1.54, 1.807) is 0 Å². The molecule has 3 rings (SSSR count). The van der Waals surface area contributed by atoms with Gasteiger partial charge in [0, 0.05) is 49.1 Å². The van der Waals surface area contributed by atoms with E-state index >= 15 is 0 Å². The minimum absolute atomic E-state index is 0.284. The molecule has 4 nitrogen and oxygen atoms in total. The van der Waals surface area contributed by atoms with Gasteiger partial charge in [0.2, 0.25) is 0 Å². The third-order valence-electron chi connectivity index (χ3n) is 5.21. The fraction of sp³-hybridized carbons (Fsp3) is 0.550. The highest BCUT2D eigenvalue weighted by atomic mass is 16.3. The second-order valence-corrected chi connectivity index (χ2v) is 6.78. The van der Waals surface area contributed by atoms with Crippen molar-refractivity contribution in [3.8, 4) is 0 Å². The summed E-state index contributed by atoms with van der Waals surface area (Å²) >= 11 is 0. The van der Waals surface area contributed by atoms with Gasteiger partial charge in [0.25, 0.3) is 0 Å². The number of aliphatic hydroxyl groups is 1. The first kappa shape index (κ1) is 17.2. The summed E-state index contributed by atoms with van der Waals surface area (Å²) in [5, 5.41) is 10.3. The molecule has 24 heavy (non-hydrogen) atoms. The van der Waals surface area contributed by atoms with Crippen molar-refractivity contribution in [3.63, 3.8) is 0 Å². The van der Waals surface area contributed by atoms with E-state index in [0.29, 0.717) is 6.04 Å². The predicted molar refractivity (Wildman–Crippen MR) is 101 cm³/mol. The molecule has 1 N–H and O–H groups in total. The van der Waals surface area contributed by atoms with Crippen LogP contribution < -0.4 is 4.90 Å². The van der Waals surface area contributed by atoms with Gasteiger partial charge in [-0.3, -0.25) is 4.98 Å². The van der Waals surface area contributed by atoms with Crippen LogP contribution in [0.2, 0.25) is 0 Å². The molecular formula is C20H29N3O. The van der Waals surface area contributed by atoms with Crippen LogP contribution in [0, 0.1) is 0 Å². The lowest BCUT2D eigenvalue weighted by Crippen LogP contribution is -2.44. The summed E-state index contributed by atoms with van der Waals surface area (Å²) in [6.45, 7) is 5.62. The van der Waals surface area contributed by atoms with Crippen molar-refractivity contribution in [2.24, 2.45) is 0 Å². The van der Waals surface area contributed by atoms with Crippen molar-refractivity contribution in [2.75, 3.05) is 38.2 Å². The van der Waals surface area contributed by atoms with Gasteiger partial charge in [0.05, 0.1) is 5.52 Å². The molecule has 1 aliphatic heterocycles. The van der Waals surface area contributed by atoms with Gasteiger partial charge in [0.1, 0.15) is 0 Å². The van der Waals surface area contributed by atoms with Crippen molar-refractivity contribution in [2.45, 2.75) is 38.6 Å². The first-order chi connectivity index (χ1) is 11.7. The van der Waals surface area contributed by atoms with Gasteiger partial charge in [-0.2, -0.15) is 0 Å². The Kier molecular flexibility index (Phi) is 5.69. The number of benzene rings is 1. The number of aliphatic hydroxyl groups excluding tert-OH is 1. The maximum Gasteiger partial charge on any atom is 0.0726 e. The molecule has 1 fully saturated rings. The van der Waals surface area contributed by atoms with E-state index < -0.39 is 0 Å². The van der Waals surface area contributed by atoms with Gasteiger partial charge in [-0.25, -0.2) is 0 Å². The average molecular weight is 327 g/mol. The molecule has 0 saturated carbocycles. The van der Waals surface area contributed by atoms with Crippen molar-refractivity contribution < 1.29 is 5.11 Å². The highest BCUT2D eigenvalue weighted by Crippen LogP contribution is 2.30. The lowest BCUT2D eigenvalue weighted by atomic mass is 10.0. The van der Waals surface area contributed by atoms with Gasteiger partial charge in [0.15, 0.2) is 0 Å². The molecule has 0 bridgehead atoms. The molecule has 0 atom stereocenters. The molecule has 0 aliphatic carbocycles. The largest absolute Gasteiger partial charge is 0.396 e. The molecule has 0 amide bonds. The van der Waals surface area contributed by atoms with E-state index in [1.165, 1.54) is 29.6 Å². The molecule has 2 heterocycles. The zero-order valence-electron chi connectivity index (χ0n) is 14.9. The Labute approximate surface area is 145 Å². The minimum Gasteiger partial charge on any atom is -0.396 e. The summed E-state index contributed by atoms with van der Waals surface area (Å²) in [6.07, 6.45) is 4.20. The van der Waals surface area contributed by atoms with E-state index in [2.05, 4.69) is 54.1 Å². The van der Waals surface area contributed by atoms with Crippen LogP contribution in [0.1, 0.15) is 31.9 Å². The molecule has 0 radical (unpaired) electrons. The number of nitrogens with zero attached hydrogens (tertiary/aromatic N) is 3. The Balaban J connectivity index is 1.75. The molecule has 1 saturated heterocycles. The Hall–Kier alpha value is -1.65. The van der Waals surface area contributed by atoms with Crippen molar-refractivity contribution in [1.82, 2.24) is 9.88 Å². The lowest BCUT2D eigenvalue weighted by Gasteiger charge is -2.38. The molecule has 0 unspecified atom stereocenters. The van der Waals surface area contributed by atoms with Crippen LogP contribution >= 0.6 is 0 Å². The van der Waals surface area contributed by atoms with E-state index in [4.69, 9.17) is 10.1 Å². The van der Waals surface area contributed by atoms with Crippen molar-refractivity contribution >= 4 is 16.6 Å². The number of rotatable bonds is 6. The number of hydrogen-bond donors (Lipinski definition) is 1. The van der Waals surface area contributed by atoms with Gasteiger partial charge in [-0.05, 0) is 44.9 Å². The summed E-state index contributed by atoms with van der Waals surface area (Å²) in [4.78, 5) is 9.71. The number of piperidine rings is 1. The fourth-order valence-corrected chi connectivity index (χ4v) is 3.70. The summed E-state index contributed by atoms with van der Waals surface area (Å²) in [7, 11) is 2.19. The second kappa shape index (κ2) is 7.95. The molecule has 2 aromatic rings. The Morgan fingerprint density at radius 3 is 2.71 bits per heavy atom. The first-order valence-electron chi connectivity index (χ1n) is 9.17. The first-order valence-corrected chi connectivity index (χ1v) is 9.17. The Bertz CT molecular complexity index is 665. The lowest BCUT2D eigenvalue weighted by molar-refractivity contribution is 0.184. The zero-order valence-corrected chi connectivity index (χ0v) is 14.9. The van der Waals surface area contributed by atoms with E-state index in [0.717, 1.165) is 38.0 Å². The quantitative estimate of drug-likeness (QED) is 0.885. The molecule has 4 heteroatoms. The third kappa shape index (κ3) is 3.70. The van der Waals surface area contributed by atoms with Crippen LogP contribution in [-0.2, 0) is 6.42 Å². The Morgan fingerprint density at radius 2 is 2.00 bits per heavy atom. The summed E-state index contributed by atoms with van der Waals surface area (Å²) in [5.74, 6) is 0. The van der Waals surface area contributed by atoms with Gasteiger partial charge >= 0.3 is 0 Å². The molecule has 0 spiro atoms. The fourth-order valence-electron chi connectivity index (χ4n) is 3.70. The number of para-hydroxylation sites is 1. The average Bonchev–Trinajstić information content (AvgIpc) is 2.65.